The van der Waals surface area contributed by atoms with Crippen molar-refractivity contribution in [1.82, 2.24) is 10.6 Å². The van der Waals surface area contributed by atoms with Crippen molar-refractivity contribution in [2.45, 2.75) is 12.0 Å². The quantitative estimate of drug-likeness (QED) is 0.731. The normalized spacial score (nSPS) is 23.1. The highest BCUT2D eigenvalue weighted by Crippen LogP contribution is 2.12. The summed E-state index contributed by atoms with van der Waals surface area (Å²) in [5, 5.41) is 5.67. The second kappa shape index (κ2) is 4.99. The molecule has 1 fully saturated rings. The van der Waals surface area contributed by atoms with E-state index in [4.69, 9.17) is 5.73 Å². The number of nitrogens with one attached hydrogen (secondary N) is 2. The van der Waals surface area contributed by atoms with Gasteiger partial charge in [0.15, 0.2) is 0 Å². The minimum absolute atomic E-state index is 0.175. The molecule has 18 heavy (non-hydrogen) atoms. The predicted molar refractivity (Wildman–Crippen MR) is 63.1 cm³/mol. The van der Waals surface area contributed by atoms with E-state index in [1.807, 2.05) is 0 Å². The summed E-state index contributed by atoms with van der Waals surface area (Å²) in [5.41, 5.74) is 5.35. The average Bonchev–Trinajstić information content (AvgIpc) is 2.74. The molecular weight excluding hydrogens is 240 g/mol. The van der Waals surface area contributed by atoms with E-state index in [0.717, 1.165) is 25.1 Å². The standard InChI is InChI=1S/C12H15F2N3O/c13-8-1-2-9(10(14)5-8)11(18)17-7-12(15)3-4-16-6-12/h1-2,5,16H,3-4,6-7,15H2,(H,17,18). The Bertz CT molecular complexity index is 459. The Kier molecular flexibility index (Phi) is 3.58. The summed E-state index contributed by atoms with van der Waals surface area (Å²) >= 11 is 0. The second-order valence-electron chi connectivity index (χ2n) is 4.60. The molecule has 0 aliphatic carbocycles. The minimum atomic E-state index is -0.872. The molecule has 0 radical (unpaired) electrons. The van der Waals surface area contributed by atoms with Crippen LogP contribution >= 0.6 is 0 Å². The first-order valence-electron chi connectivity index (χ1n) is 5.73. The molecule has 0 aromatic heterocycles. The summed E-state index contributed by atoms with van der Waals surface area (Å²) in [5.74, 6) is -2.16. The molecule has 2 rings (SSSR count). The van der Waals surface area contributed by atoms with E-state index in [9.17, 15) is 13.6 Å². The summed E-state index contributed by atoms with van der Waals surface area (Å²) < 4.78 is 26.1. The van der Waals surface area contributed by atoms with Crippen LogP contribution in [0.1, 0.15) is 16.8 Å². The molecule has 1 aromatic rings. The van der Waals surface area contributed by atoms with Gasteiger partial charge in [-0.25, -0.2) is 8.78 Å². The lowest BCUT2D eigenvalue weighted by molar-refractivity contribution is 0.0940. The first-order valence-corrected chi connectivity index (χ1v) is 5.73. The topological polar surface area (TPSA) is 67.1 Å². The van der Waals surface area contributed by atoms with Crippen molar-refractivity contribution in [2.75, 3.05) is 19.6 Å². The molecule has 1 saturated heterocycles. The van der Waals surface area contributed by atoms with Crippen LogP contribution < -0.4 is 16.4 Å². The molecular formula is C12H15F2N3O. The maximum atomic E-state index is 13.4. The first kappa shape index (κ1) is 12.9. The summed E-state index contributed by atoms with van der Waals surface area (Å²) in [4.78, 5) is 11.7. The van der Waals surface area contributed by atoms with E-state index in [-0.39, 0.29) is 12.1 Å². The number of benzene rings is 1. The lowest BCUT2D eigenvalue weighted by Gasteiger charge is -2.22. The molecule has 98 valence electrons. The van der Waals surface area contributed by atoms with Gasteiger partial charge in [-0.2, -0.15) is 0 Å². The first-order chi connectivity index (χ1) is 8.50. The van der Waals surface area contributed by atoms with Crippen molar-refractivity contribution in [3.05, 3.63) is 35.4 Å². The number of carbonyl (C=O) groups is 1. The fraction of sp³-hybridized carbons (Fsp3) is 0.417. The summed E-state index contributed by atoms with van der Waals surface area (Å²) in [6.07, 6.45) is 0.749. The molecule has 1 aliphatic rings. The molecule has 1 heterocycles. The van der Waals surface area contributed by atoms with Crippen LogP contribution in [-0.4, -0.2) is 31.1 Å². The minimum Gasteiger partial charge on any atom is -0.350 e. The molecule has 1 aliphatic heterocycles. The molecule has 1 aromatic carbocycles. The largest absolute Gasteiger partial charge is 0.350 e. The molecule has 1 unspecified atom stereocenters. The van der Waals surface area contributed by atoms with Crippen LogP contribution in [0.15, 0.2) is 18.2 Å². The van der Waals surface area contributed by atoms with Crippen LogP contribution in [0.2, 0.25) is 0 Å². The van der Waals surface area contributed by atoms with E-state index in [1.165, 1.54) is 0 Å². The zero-order valence-electron chi connectivity index (χ0n) is 9.80. The molecule has 6 heteroatoms. The van der Waals surface area contributed by atoms with E-state index in [1.54, 1.807) is 0 Å². The number of hydrogen-bond donors (Lipinski definition) is 3. The van der Waals surface area contributed by atoms with Gasteiger partial charge in [-0.1, -0.05) is 0 Å². The van der Waals surface area contributed by atoms with Crippen molar-refractivity contribution in [3.8, 4) is 0 Å². The van der Waals surface area contributed by atoms with E-state index < -0.39 is 23.1 Å². The van der Waals surface area contributed by atoms with Gasteiger partial charge in [0.25, 0.3) is 5.91 Å². The van der Waals surface area contributed by atoms with Gasteiger partial charge in [-0.05, 0) is 25.1 Å². The fourth-order valence-electron chi connectivity index (χ4n) is 1.94. The molecule has 1 amide bonds. The molecule has 0 saturated carbocycles. The molecule has 0 bridgehead atoms. The summed E-state index contributed by atoms with van der Waals surface area (Å²) in [6, 6.07) is 2.85. The number of rotatable bonds is 3. The van der Waals surface area contributed by atoms with Crippen LogP contribution in [-0.2, 0) is 0 Å². The van der Waals surface area contributed by atoms with E-state index in [2.05, 4.69) is 10.6 Å². The van der Waals surface area contributed by atoms with Gasteiger partial charge in [0.05, 0.1) is 5.56 Å². The van der Waals surface area contributed by atoms with Crippen LogP contribution in [0, 0.1) is 11.6 Å². The smallest absolute Gasteiger partial charge is 0.254 e. The Hall–Kier alpha value is -1.53. The Morgan fingerprint density at radius 3 is 2.89 bits per heavy atom. The van der Waals surface area contributed by atoms with Gasteiger partial charge >= 0.3 is 0 Å². The Morgan fingerprint density at radius 1 is 1.50 bits per heavy atom. The van der Waals surface area contributed by atoms with Crippen molar-refractivity contribution < 1.29 is 13.6 Å². The SMILES string of the molecule is NC1(CNC(=O)c2ccc(F)cc2F)CCNC1. The lowest BCUT2D eigenvalue weighted by Crippen LogP contribution is -2.51. The second-order valence-corrected chi connectivity index (χ2v) is 4.60. The zero-order valence-corrected chi connectivity index (χ0v) is 9.80. The van der Waals surface area contributed by atoms with Crippen LogP contribution in [0.5, 0.6) is 0 Å². The number of halogens is 2. The van der Waals surface area contributed by atoms with Crippen molar-refractivity contribution in [1.29, 1.82) is 0 Å². The predicted octanol–water partition coefficient (Wildman–Crippen LogP) is 0.385. The van der Waals surface area contributed by atoms with Gasteiger partial charge in [0, 0.05) is 24.7 Å². The Balaban J connectivity index is 1.99. The van der Waals surface area contributed by atoms with Crippen LogP contribution in [0.4, 0.5) is 8.78 Å². The number of amides is 1. The Morgan fingerprint density at radius 2 is 2.28 bits per heavy atom. The van der Waals surface area contributed by atoms with Crippen molar-refractivity contribution in [2.24, 2.45) is 5.73 Å². The molecule has 0 spiro atoms. The van der Waals surface area contributed by atoms with Crippen LogP contribution in [0.25, 0.3) is 0 Å². The molecule has 1 atom stereocenters. The highest BCUT2D eigenvalue weighted by Gasteiger charge is 2.29. The van der Waals surface area contributed by atoms with Crippen molar-refractivity contribution in [3.63, 3.8) is 0 Å². The summed E-state index contributed by atoms with van der Waals surface area (Å²) in [7, 11) is 0. The third-order valence-electron chi connectivity index (χ3n) is 3.05. The van der Waals surface area contributed by atoms with Gasteiger partial charge in [0.2, 0.25) is 0 Å². The number of nitrogens with two attached hydrogens (primary N) is 1. The van der Waals surface area contributed by atoms with E-state index in [0.29, 0.717) is 12.6 Å². The van der Waals surface area contributed by atoms with Crippen LogP contribution in [0.3, 0.4) is 0 Å². The highest BCUT2D eigenvalue weighted by atomic mass is 19.1. The third-order valence-corrected chi connectivity index (χ3v) is 3.05. The lowest BCUT2D eigenvalue weighted by atomic mass is 10.0. The maximum absolute atomic E-state index is 13.4. The van der Waals surface area contributed by atoms with Gasteiger partial charge in [-0.15, -0.1) is 0 Å². The molecule has 4 nitrogen and oxygen atoms in total. The third kappa shape index (κ3) is 2.83. The molecule has 4 N–H and O–H groups in total. The Labute approximate surface area is 104 Å². The monoisotopic (exact) mass is 255 g/mol. The highest BCUT2D eigenvalue weighted by molar-refractivity contribution is 5.94. The maximum Gasteiger partial charge on any atom is 0.254 e. The average molecular weight is 255 g/mol. The number of hydrogen-bond acceptors (Lipinski definition) is 3. The summed E-state index contributed by atoms with van der Waals surface area (Å²) in [6.45, 7) is 1.67. The van der Waals surface area contributed by atoms with Gasteiger partial charge < -0.3 is 16.4 Å². The fourth-order valence-corrected chi connectivity index (χ4v) is 1.94. The number of carbonyl (C=O) groups excluding carboxylic acids is 1. The zero-order chi connectivity index (χ0) is 13.2. The van der Waals surface area contributed by atoms with Gasteiger partial charge in [0.1, 0.15) is 11.6 Å². The van der Waals surface area contributed by atoms with E-state index >= 15 is 0 Å². The van der Waals surface area contributed by atoms with Gasteiger partial charge in [-0.3, -0.25) is 4.79 Å². The van der Waals surface area contributed by atoms with Crippen molar-refractivity contribution >= 4 is 5.91 Å².